The fourth-order valence-corrected chi connectivity index (χ4v) is 4.23. The van der Waals surface area contributed by atoms with E-state index in [0.29, 0.717) is 31.9 Å². The van der Waals surface area contributed by atoms with Gasteiger partial charge in [0.15, 0.2) is 0 Å². The molecule has 188 valence electrons. The highest BCUT2D eigenvalue weighted by molar-refractivity contribution is 5.79. The number of esters is 1. The Morgan fingerprint density at radius 1 is 1.06 bits per heavy atom. The highest BCUT2D eigenvalue weighted by atomic mass is 19.1. The fourth-order valence-electron chi connectivity index (χ4n) is 4.23. The van der Waals surface area contributed by atoms with Crippen LogP contribution in [0.3, 0.4) is 0 Å². The van der Waals surface area contributed by atoms with Crippen molar-refractivity contribution in [2.75, 3.05) is 54.0 Å². The van der Waals surface area contributed by atoms with Gasteiger partial charge in [-0.3, -0.25) is 14.9 Å². The third-order valence-corrected chi connectivity index (χ3v) is 5.88. The topological polar surface area (TPSA) is 105 Å². The molecule has 1 aromatic heterocycles. The highest BCUT2D eigenvalue weighted by Gasteiger charge is 2.33. The quantitative estimate of drug-likeness (QED) is 0.251. The van der Waals surface area contributed by atoms with E-state index >= 15 is 0 Å². The Bertz CT molecular complexity index is 1200. The molecule has 2 aromatic carbocycles. The summed E-state index contributed by atoms with van der Waals surface area (Å²) >= 11 is 0. The predicted molar refractivity (Wildman–Crippen MR) is 134 cm³/mol. The van der Waals surface area contributed by atoms with Crippen LogP contribution in [0, 0.1) is 15.9 Å². The van der Waals surface area contributed by atoms with Crippen LogP contribution in [0.25, 0.3) is 0 Å². The molecule has 11 heteroatoms. The van der Waals surface area contributed by atoms with Crippen LogP contribution in [-0.4, -0.2) is 60.2 Å². The van der Waals surface area contributed by atoms with E-state index in [4.69, 9.17) is 4.74 Å². The first-order valence-corrected chi connectivity index (χ1v) is 11.7. The summed E-state index contributed by atoms with van der Waals surface area (Å²) in [7, 11) is 0. The zero-order valence-electron chi connectivity index (χ0n) is 19.9. The maximum atomic E-state index is 14.2. The van der Waals surface area contributed by atoms with E-state index in [9.17, 15) is 19.3 Å². The number of hydrogen-bond donors (Lipinski definition) is 0. The molecular weight excluding hydrogens is 467 g/mol. The van der Waals surface area contributed by atoms with Crippen LogP contribution in [0.5, 0.6) is 0 Å². The Hall–Kier alpha value is -4.28. The average molecular weight is 495 g/mol. The van der Waals surface area contributed by atoms with Gasteiger partial charge >= 0.3 is 11.7 Å². The molecule has 3 aromatic rings. The lowest BCUT2D eigenvalue weighted by Crippen LogP contribution is -2.47. The summed E-state index contributed by atoms with van der Waals surface area (Å²) in [5, 5.41) is 12.3. The van der Waals surface area contributed by atoms with Gasteiger partial charge in [-0.2, -0.15) is 0 Å². The number of hydrogen-bond acceptors (Lipinski definition) is 9. The maximum absolute atomic E-state index is 14.2. The second-order valence-corrected chi connectivity index (χ2v) is 8.20. The van der Waals surface area contributed by atoms with Gasteiger partial charge in [0.2, 0.25) is 11.6 Å². The molecule has 4 rings (SSSR count). The second-order valence-electron chi connectivity index (χ2n) is 8.20. The number of halogens is 1. The van der Waals surface area contributed by atoms with E-state index < -0.39 is 10.9 Å². The average Bonchev–Trinajstić information content (AvgIpc) is 2.89. The standard InChI is InChI=1S/C25H27FN6O4/c1-2-36-22(33)17-31(16-19-8-4-3-5-9-19)25-23(32(34)35)24(27-18-28-25)30-14-12-29(13-15-30)21-11-7-6-10-20(21)26/h3-11,18H,2,12-17H2,1H3. The molecule has 1 fully saturated rings. The minimum atomic E-state index is -0.517. The molecule has 1 aliphatic rings. The van der Waals surface area contributed by atoms with Gasteiger partial charge < -0.3 is 19.4 Å². The monoisotopic (exact) mass is 494 g/mol. The van der Waals surface area contributed by atoms with Crippen LogP contribution in [0.15, 0.2) is 60.9 Å². The van der Waals surface area contributed by atoms with E-state index in [1.807, 2.05) is 35.2 Å². The third-order valence-electron chi connectivity index (χ3n) is 5.88. The molecule has 0 amide bonds. The van der Waals surface area contributed by atoms with Crippen LogP contribution >= 0.6 is 0 Å². The number of anilines is 3. The second kappa shape index (κ2) is 11.4. The Morgan fingerprint density at radius 2 is 1.72 bits per heavy atom. The van der Waals surface area contributed by atoms with Crippen molar-refractivity contribution in [3.05, 3.63) is 82.4 Å². The number of carbonyl (C=O) groups is 1. The Morgan fingerprint density at radius 3 is 2.39 bits per heavy atom. The molecule has 0 aliphatic carbocycles. The molecule has 10 nitrogen and oxygen atoms in total. The van der Waals surface area contributed by atoms with Crippen LogP contribution in [0.2, 0.25) is 0 Å². The summed E-state index contributed by atoms with van der Waals surface area (Å²) in [5.41, 5.74) is 1.07. The highest BCUT2D eigenvalue weighted by Crippen LogP contribution is 2.35. The van der Waals surface area contributed by atoms with Gasteiger partial charge in [-0.25, -0.2) is 14.4 Å². The number of para-hydroxylation sites is 1. The molecule has 0 N–H and O–H groups in total. The summed E-state index contributed by atoms with van der Waals surface area (Å²) in [6.07, 6.45) is 1.27. The molecule has 0 saturated carbocycles. The summed E-state index contributed by atoms with van der Waals surface area (Å²) < 4.78 is 19.3. The van der Waals surface area contributed by atoms with E-state index in [2.05, 4.69) is 9.97 Å². The number of nitro groups is 1. The molecule has 0 bridgehead atoms. The number of nitrogens with zero attached hydrogens (tertiary/aromatic N) is 6. The molecule has 0 unspecified atom stereocenters. The van der Waals surface area contributed by atoms with Crippen molar-refractivity contribution in [1.29, 1.82) is 0 Å². The molecule has 1 aliphatic heterocycles. The van der Waals surface area contributed by atoms with Gasteiger partial charge in [-0.15, -0.1) is 0 Å². The molecular formula is C25H27FN6O4. The van der Waals surface area contributed by atoms with E-state index in [1.165, 1.54) is 17.3 Å². The summed E-state index contributed by atoms with van der Waals surface area (Å²) in [5.74, 6) is -0.614. The lowest BCUT2D eigenvalue weighted by Gasteiger charge is -2.36. The molecule has 2 heterocycles. The smallest absolute Gasteiger partial charge is 0.353 e. The number of piperazine rings is 1. The number of aromatic nitrogens is 2. The number of rotatable bonds is 9. The number of benzene rings is 2. The Balaban J connectivity index is 1.63. The lowest BCUT2D eigenvalue weighted by molar-refractivity contribution is -0.383. The van der Waals surface area contributed by atoms with Crippen molar-refractivity contribution in [3.63, 3.8) is 0 Å². The summed E-state index contributed by atoms with van der Waals surface area (Å²) in [6, 6.07) is 15.9. The normalized spacial score (nSPS) is 13.4. The molecule has 1 saturated heterocycles. The van der Waals surface area contributed by atoms with Crippen molar-refractivity contribution >= 4 is 29.0 Å². The van der Waals surface area contributed by atoms with E-state index in [1.54, 1.807) is 30.0 Å². The summed E-state index contributed by atoms with van der Waals surface area (Å²) in [4.78, 5) is 37.8. The largest absolute Gasteiger partial charge is 0.465 e. The zero-order valence-corrected chi connectivity index (χ0v) is 19.9. The summed E-state index contributed by atoms with van der Waals surface area (Å²) in [6.45, 7) is 3.65. The number of ether oxygens (including phenoxy) is 1. The van der Waals surface area contributed by atoms with Gasteiger partial charge in [0.25, 0.3) is 0 Å². The van der Waals surface area contributed by atoms with Gasteiger partial charge in [-0.1, -0.05) is 42.5 Å². The Labute approximate surface area is 208 Å². The van der Waals surface area contributed by atoms with Crippen molar-refractivity contribution in [2.24, 2.45) is 0 Å². The van der Waals surface area contributed by atoms with Crippen molar-refractivity contribution in [3.8, 4) is 0 Å². The Kier molecular flexibility index (Phi) is 7.89. The first-order chi connectivity index (χ1) is 17.5. The van der Waals surface area contributed by atoms with E-state index in [-0.39, 0.29) is 42.8 Å². The van der Waals surface area contributed by atoms with Gasteiger partial charge in [0.1, 0.15) is 18.7 Å². The van der Waals surface area contributed by atoms with Gasteiger partial charge in [0, 0.05) is 32.7 Å². The molecule has 0 atom stereocenters. The SMILES string of the molecule is CCOC(=O)CN(Cc1ccccc1)c1ncnc(N2CCN(c3ccccc3F)CC2)c1[N+](=O)[O-]. The van der Waals surface area contributed by atoms with Crippen molar-refractivity contribution in [2.45, 2.75) is 13.5 Å². The number of carbonyl (C=O) groups excluding carboxylic acids is 1. The van der Waals surface area contributed by atoms with E-state index in [0.717, 1.165) is 5.56 Å². The van der Waals surface area contributed by atoms with Crippen LogP contribution in [0.1, 0.15) is 12.5 Å². The third kappa shape index (κ3) is 5.68. The first-order valence-electron chi connectivity index (χ1n) is 11.7. The zero-order chi connectivity index (χ0) is 25.5. The van der Waals surface area contributed by atoms with Crippen LogP contribution in [-0.2, 0) is 16.1 Å². The maximum Gasteiger partial charge on any atom is 0.353 e. The first kappa shape index (κ1) is 24.8. The van der Waals surface area contributed by atoms with Crippen molar-refractivity contribution < 1.29 is 18.8 Å². The molecule has 0 radical (unpaired) electrons. The minimum absolute atomic E-state index is 0.0402. The van der Waals surface area contributed by atoms with Gasteiger partial charge in [0.05, 0.1) is 17.2 Å². The predicted octanol–water partition coefficient (Wildman–Crippen LogP) is 3.42. The lowest BCUT2D eigenvalue weighted by atomic mass is 10.2. The van der Waals surface area contributed by atoms with Crippen LogP contribution < -0.4 is 14.7 Å². The van der Waals surface area contributed by atoms with Crippen LogP contribution in [0.4, 0.5) is 27.4 Å². The minimum Gasteiger partial charge on any atom is -0.465 e. The van der Waals surface area contributed by atoms with Crippen molar-refractivity contribution in [1.82, 2.24) is 9.97 Å². The molecule has 0 spiro atoms. The fraction of sp³-hybridized carbons (Fsp3) is 0.320. The molecule has 36 heavy (non-hydrogen) atoms. The van der Waals surface area contributed by atoms with Gasteiger partial charge in [-0.05, 0) is 24.6 Å².